The third kappa shape index (κ3) is 5.38. The molecule has 7 heteroatoms. The van der Waals surface area contributed by atoms with Crippen LogP contribution in [0.15, 0.2) is 0 Å². The van der Waals surface area contributed by atoms with Crippen LogP contribution in [0.5, 0.6) is 0 Å². The number of piperidine rings is 1. The standard InChI is InChI=1S/C6H11NO2.C4H7NO2S/c8-6(9)5-3-1-2-4-7-5;6-4(7)3-1-8-2-5-3/h5,7H,1-4H2,(H,8,9);3,5H,1-2H2,(H,6,7). The summed E-state index contributed by atoms with van der Waals surface area (Å²) in [7, 11) is 0. The van der Waals surface area contributed by atoms with Gasteiger partial charge in [-0.05, 0) is 19.4 Å². The van der Waals surface area contributed by atoms with Crippen LogP contribution in [0.4, 0.5) is 0 Å². The Hall–Kier alpha value is -0.790. The Morgan fingerprint density at radius 2 is 1.76 bits per heavy atom. The molecule has 0 aromatic carbocycles. The van der Waals surface area contributed by atoms with Crippen LogP contribution in [0.1, 0.15) is 19.3 Å². The fourth-order valence-corrected chi connectivity index (χ4v) is 2.55. The molecule has 2 rings (SSSR count). The molecule has 2 heterocycles. The average molecular weight is 262 g/mol. The molecule has 0 saturated carbocycles. The monoisotopic (exact) mass is 262 g/mol. The first-order valence-electron chi connectivity index (χ1n) is 5.61. The van der Waals surface area contributed by atoms with E-state index in [9.17, 15) is 9.59 Å². The minimum Gasteiger partial charge on any atom is -0.480 e. The average Bonchev–Trinajstić information content (AvgIpc) is 2.84. The molecule has 2 fully saturated rings. The van der Waals surface area contributed by atoms with Crippen molar-refractivity contribution >= 4 is 23.7 Å². The quantitative estimate of drug-likeness (QED) is 0.553. The zero-order valence-corrected chi connectivity index (χ0v) is 10.3. The van der Waals surface area contributed by atoms with Gasteiger partial charge in [0.2, 0.25) is 0 Å². The van der Waals surface area contributed by atoms with Crippen molar-refractivity contribution in [2.24, 2.45) is 0 Å². The van der Waals surface area contributed by atoms with E-state index in [2.05, 4.69) is 10.6 Å². The van der Waals surface area contributed by atoms with Gasteiger partial charge >= 0.3 is 11.9 Å². The zero-order valence-electron chi connectivity index (χ0n) is 9.52. The van der Waals surface area contributed by atoms with Gasteiger partial charge in [-0.2, -0.15) is 0 Å². The van der Waals surface area contributed by atoms with Crippen LogP contribution in [0.3, 0.4) is 0 Å². The Kier molecular flexibility index (Phi) is 6.31. The maximum atomic E-state index is 10.3. The molecule has 6 nitrogen and oxygen atoms in total. The number of carboxylic acids is 2. The van der Waals surface area contributed by atoms with Gasteiger partial charge in [-0.15, -0.1) is 11.8 Å². The maximum absolute atomic E-state index is 10.3. The van der Waals surface area contributed by atoms with Crippen molar-refractivity contribution in [2.45, 2.75) is 31.3 Å². The van der Waals surface area contributed by atoms with Crippen molar-refractivity contribution in [1.82, 2.24) is 10.6 Å². The van der Waals surface area contributed by atoms with Crippen molar-refractivity contribution in [2.75, 3.05) is 18.2 Å². The predicted molar refractivity (Wildman–Crippen MR) is 65.2 cm³/mol. The molecule has 2 atom stereocenters. The number of aliphatic carboxylic acids is 2. The largest absolute Gasteiger partial charge is 0.480 e. The molecular formula is C10H18N2O4S. The molecule has 0 aliphatic carbocycles. The van der Waals surface area contributed by atoms with E-state index in [1.165, 1.54) is 0 Å². The second kappa shape index (κ2) is 7.52. The van der Waals surface area contributed by atoms with Crippen molar-refractivity contribution < 1.29 is 19.8 Å². The van der Waals surface area contributed by atoms with E-state index < -0.39 is 11.9 Å². The lowest BCUT2D eigenvalue weighted by Crippen LogP contribution is -2.40. The highest BCUT2D eigenvalue weighted by Crippen LogP contribution is 2.08. The highest BCUT2D eigenvalue weighted by Gasteiger charge is 2.20. The zero-order chi connectivity index (χ0) is 12.7. The Labute approximate surface area is 104 Å². The number of hydrogen-bond acceptors (Lipinski definition) is 5. The molecule has 0 radical (unpaired) electrons. The molecule has 0 spiro atoms. The Morgan fingerprint density at radius 1 is 1.06 bits per heavy atom. The predicted octanol–water partition coefficient (Wildman–Crippen LogP) is -0.0534. The maximum Gasteiger partial charge on any atom is 0.321 e. The van der Waals surface area contributed by atoms with Gasteiger partial charge in [0.15, 0.2) is 0 Å². The summed E-state index contributed by atoms with van der Waals surface area (Å²) in [5, 5.41) is 22.6. The van der Waals surface area contributed by atoms with Crippen LogP contribution in [-0.4, -0.2) is 52.4 Å². The van der Waals surface area contributed by atoms with E-state index in [0.717, 1.165) is 31.7 Å². The smallest absolute Gasteiger partial charge is 0.321 e. The molecule has 2 aliphatic heterocycles. The van der Waals surface area contributed by atoms with Gasteiger partial charge in [-0.3, -0.25) is 14.9 Å². The summed E-state index contributed by atoms with van der Waals surface area (Å²) in [6, 6.07) is -0.584. The van der Waals surface area contributed by atoms with Gasteiger partial charge in [-0.1, -0.05) is 6.42 Å². The number of thioether (sulfide) groups is 1. The van der Waals surface area contributed by atoms with Crippen LogP contribution in [0.2, 0.25) is 0 Å². The number of carbonyl (C=O) groups is 2. The molecule has 0 aromatic heterocycles. The van der Waals surface area contributed by atoms with Crippen LogP contribution in [0, 0.1) is 0 Å². The Morgan fingerprint density at radius 3 is 2.06 bits per heavy atom. The van der Waals surface area contributed by atoms with E-state index in [0.29, 0.717) is 5.75 Å². The Balaban J connectivity index is 0.000000171. The first kappa shape index (κ1) is 14.3. The first-order chi connectivity index (χ1) is 8.11. The molecule has 98 valence electrons. The van der Waals surface area contributed by atoms with Gasteiger partial charge in [0.25, 0.3) is 0 Å². The van der Waals surface area contributed by atoms with Crippen LogP contribution in [-0.2, 0) is 9.59 Å². The van der Waals surface area contributed by atoms with Gasteiger partial charge in [0.1, 0.15) is 12.1 Å². The molecule has 4 N–H and O–H groups in total. The molecule has 2 aliphatic rings. The fraction of sp³-hybridized carbons (Fsp3) is 0.800. The van der Waals surface area contributed by atoms with Crippen molar-refractivity contribution in [3.63, 3.8) is 0 Å². The van der Waals surface area contributed by atoms with Crippen LogP contribution in [0.25, 0.3) is 0 Å². The number of carboxylic acid groups (broad SMARTS) is 2. The van der Waals surface area contributed by atoms with Crippen LogP contribution < -0.4 is 10.6 Å². The Bertz CT molecular complexity index is 263. The minimum absolute atomic E-state index is 0.279. The molecule has 0 amide bonds. The molecule has 2 unspecified atom stereocenters. The first-order valence-corrected chi connectivity index (χ1v) is 6.77. The minimum atomic E-state index is -0.741. The molecule has 2 saturated heterocycles. The summed E-state index contributed by atoms with van der Waals surface area (Å²) in [6.45, 7) is 0.858. The summed E-state index contributed by atoms with van der Waals surface area (Å²) < 4.78 is 0. The van der Waals surface area contributed by atoms with Crippen LogP contribution >= 0.6 is 11.8 Å². The van der Waals surface area contributed by atoms with E-state index in [1.807, 2.05) is 0 Å². The van der Waals surface area contributed by atoms with E-state index >= 15 is 0 Å². The van der Waals surface area contributed by atoms with E-state index in [1.54, 1.807) is 11.8 Å². The topological polar surface area (TPSA) is 98.7 Å². The lowest BCUT2D eigenvalue weighted by molar-refractivity contribution is -0.140. The summed E-state index contributed by atoms with van der Waals surface area (Å²) in [6.07, 6.45) is 2.95. The third-order valence-corrected chi connectivity index (χ3v) is 3.56. The second-order valence-electron chi connectivity index (χ2n) is 3.95. The third-order valence-electron chi connectivity index (χ3n) is 2.62. The van der Waals surface area contributed by atoms with Crippen molar-refractivity contribution in [3.8, 4) is 0 Å². The lowest BCUT2D eigenvalue weighted by atomic mass is 10.1. The highest BCUT2D eigenvalue weighted by atomic mass is 32.2. The summed E-state index contributed by atoms with van der Waals surface area (Å²) in [5.74, 6) is 0.0245. The summed E-state index contributed by atoms with van der Waals surface area (Å²) >= 11 is 1.62. The molecule has 17 heavy (non-hydrogen) atoms. The lowest BCUT2D eigenvalue weighted by Gasteiger charge is -2.18. The van der Waals surface area contributed by atoms with Crippen molar-refractivity contribution in [1.29, 1.82) is 0 Å². The number of nitrogens with one attached hydrogen (secondary N) is 2. The van der Waals surface area contributed by atoms with Gasteiger partial charge in [-0.25, -0.2) is 0 Å². The van der Waals surface area contributed by atoms with Gasteiger partial charge < -0.3 is 15.5 Å². The van der Waals surface area contributed by atoms with Gasteiger partial charge in [0.05, 0.1) is 0 Å². The second-order valence-corrected chi connectivity index (χ2v) is 4.98. The SMILES string of the molecule is O=C(O)C1CCCCN1.O=C(O)C1CSCN1. The van der Waals surface area contributed by atoms with Gasteiger partial charge in [0, 0.05) is 11.6 Å². The molecule has 0 aromatic rings. The fourth-order valence-electron chi connectivity index (χ4n) is 1.62. The summed E-state index contributed by atoms with van der Waals surface area (Å²) in [5.41, 5.74) is 0. The normalized spacial score (nSPS) is 28.0. The number of hydrogen-bond donors (Lipinski definition) is 4. The summed E-state index contributed by atoms with van der Waals surface area (Å²) in [4.78, 5) is 20.4. The number of rotatable bonds is 2. The molecular weight excluding hydrogens is 244 g/mol. The highest BCUT2D eigenvalue weighted by molar-refractivity contribution is 7.99. The van der Waals surface area contributed by atoms with E-state index in [4.69, 9.17) is 10.2 Å². The molecule has 0 bridgehead atoms. The van der Waals surface area contributed by atoms with E-state index in [-0.39, 0.29) is 12.1 Å². The van der Waals surface area contributed by atoms with Crippen molar-refractivity contribution in [3.05, 3.63) is 0 Å².